The van der Waals surface area contributed by atoms with E-state index in [-0.39, 0.29) is 5.78 Å². The van der Waals surface area contributed by atoms with Gasteiger partial charge in [-0.15, -0.1) is 0 Å². The van der Waals surface area contributed by atoms with E-state index in [9.17, 15) is 4.79 Å². The number of para-hydroxylation sites is 1. The fourth-order valence-corrected chi connectivity index (χ4v) is 1.22. The topological polar surface area (TPSA) is 69.1 Å². The van der Waals surface area contributed by atoms with Crippen LogP contribution >= 0.6 is 0 Å². The van der Waals surface area contributed by atoms with Crippen LogP contribution in [0.4, 0.5) is 5.69 Å². The number of carbonyl (C=O) groups is 1. The van der Waals surface area contributed by atoms with Crippen LogP contribution in [-0.2, 0) is 6.54 Å². The molecule has 0 heterocycles. The Hall–Kier alpha value is -1.35. The molecular formula is C10H14N2O. The summed E-state index contributed by atoms with van der Waals surface area (Å²) >= 11 is 0. The Labute approximate surface area is 77.7 Å². The number of ketones is 1. The molecule has 3 heteroatoms. The van der Waals surface area contributed by atoms with Gasteiger partial charge >= 0.3 is 0 Å². The summed E-state index contributed by atoms with van der Waals surface area (Å²) in [5, 5.41) is 0. The van der Waals surface area contributed by atoms with Gasteiger partial charge in [-0.25, -0.2) is 0 Å². The van der Waals surface area contributed by atoms with Crippen LogP contribution in [0.15, 0.2) is 18.2 Å². The molecule has 0 aliphatic heterocycles. The molecule has 0 amide bonds. The minimum atomic E-state index is 0.0628. The molecule has 0 aliphatic carbocycles. The summed E-state index contributed by atoms with van der Waals surface area (Å²) in [6, 6.07) is 5.38. The smallest absolute Gasteiger partial charge is 0.164 e. The number of benzene rings is 1. The van der Waals surface area contributed by atoms with Gasteiger partial charge in [0.25, 0.3) is 0 Å². The minimum Gasteiger partial charge on any atom is -0.398 e. The molecule has 0 spiro atoms. The van der Waals surface area contributed by atoms with Gasteiger partial charge in [0.05, 0.1) is 0 Å². The highest BCUT2D eigenvalue weighted by atomic mass is 16.1. The Balaban J connectivity index is 3.15. The number of hydrogen-bond donors (Lipinski definition) is 2. The van der Waals surface area contributed by atoms with Crippen LogP contribution in [0.3, 0.4) is 0 Å². The van der Waals surface area contributed by atoms with Crippen LogP contribution in [0.25, 0.3) is 0 Å². The number of rotatable bonds is 3. The maximum Gasteiger partial charge on any atom is 0.164 e. The van der Waals surface area contributed by atoms with E-state index >= 15 is 0 Å². The fourth-order valence-electron chi connectivity index (χ4n) is 1.22. The van der Waals surface area contributed by atoms with Crippen molar-refractivity contribution in [1.82, 2.24) is 0 Å². The van der Waals surface area contributed by atoms with Crippen LogP contribution in [0.1, 0.15) is 29.3 Å². The van der Waals surface area contributed by atoms with Crippen LogP contribution in [-0.4, -0.2) is 5.78 Å². The monoisotopic (exact) mass is 178 g/mol. The normalized spacial score (nSPS) is 10.0. The van der Waals surface area contributed by atoms with Crippen molar-refractivity contribution in [3.05, 3.63) is 29.3 Å². The van der Waals surface area contributed by atoms with Crippen molar-refractivity contribution >= 4 is 11.5 Å². The van der Waals surface area contributed by atoms with E-state index in [2.05, 4.69) is 0 Å². The number of nitrogen functional groups attached to an aromatic ring is 1. The molecule has 70 valence electrons. The molecule has 4 N–H and O–H groups in total. The molecule has 0 atom stereocenters. The Kier molecular flexibility index (Phi) is 3.03. The quantitative estimate of drug-likeness (QED) is 0.541. The van der Waals surface area contributed by atoms with Crippen molar-refractivity contribution in [3.63, 3.8) is 0 Å². The van der Waals surface area contributed by atoms with E-state index in [1.165, 1.54) is 0 Å². The molecule has 0 saturated carbocycles. The molecule has 0 unspecified atom stereocenters. The third kappa shape index (κ3) is 1.87. The van der Waals surface area contributed by atoms with Crippen molar-refractivity contribution in [2.75, 3.05) is 5.73 Å². The summed E-state index contributed by atoms with van der Waals surface area (Å²) in [4.78, 5) is 11.4. The molecular weight excluding hydrogens is 164 g/mol. The van der Waals surface area contributed by atoms with Crippen molar-refractivity contribution in [2.45, 2.75) is 19.9 Å². The molecule has 0 fully saturated rings. The Morgan fingerprint density at radius 2 is 2.15 bits per heavy atom. The van der Waals surface area contributed by atoms with Gasteiger partial charge in [-0.3, -0.25) is 4.79 Å². The predicted octanol–water partition coefficient (Wildman–Crippen LogP) is 1.32. The molecule has 1 aromatic carbocycles. The lowest BCUT2D eigenvalue weighted by Gasteiger charge is -2.07. The van der Waals surface area contributed by atoms with Crippen LogP contribution in [0, 0.1) is 0 Å². The van der Waals surface area contributed by atoms with Crippen molar-refractivity contribution in [2.24, 2.45) is 5.73 Å². The molecule has 13 heavy (non-hydrogen) atoms. The third-order valence-electron chi connectivity index (χ3n) is 2.04. The number of nitrogens with two attached hydrogens (primary N) is 2. The van der Waals surface area contributed by atoms with Crippen molar-refractivity contribution < 1.29 is 4.79 Å². The summed E-state index contributed by atoms with van der Waals surface area (Å²) in [7, 11) is 0. The van der Waals surface area contributed by atoms with Crippen LogP contribution in [0.5, 0.6) is 0 Å². The summed E-state index contributed by atoms with van der Waals surface area (Å²) in [6.45, 7) is 2.19. The first kappa shape index (κ1) is 9.74. The lowest BCUT2D eigenvalue weighted by atomic mass is 10.0. The summed E-state index contributed by atoms with van der Waals surface area (Å²) < 4.78 is 0. The first-order valence-electron chi connectivity index (χ1n) is 4.31. The number of Topliss-reactive ketones (excluding diaryl/α,β-unsaturated/α-hetero) is 1. The average Bonchev–Trinajstić information content (AvgIpc) is 2.17. The highest BCUT2D eigenvalue weighted by Gasteiger charge is 2.09. The Morgan fingerprint density at radius 3 is 2.69 bits per heavy atom. The van der Waals surface area contributed by atoms with E-state index in [0.717, 1.165) is 5.56 Å². The van der Waals surface area contributed by atoms with Crippen molar-refractivity contribution in [3.8, 4) is 0 Å². The molecule has 0 bridgehead atoms. The highest BCUT2D eigenvalue weighted by Crippen LogP contribution is 2.18. The standard InChI is InChI=1S/C10H14N2O/c1-2-9(13)8-5-3-4-7(6-11)10(8)12/h3-5H,2,6,11-12H2,1H3. The van der Waals surface area contributed by atoms with E-state index in [0.29, 0.717) is 24.2 Å². The van der Waals surface area contributed by atoms with E-state index in [1.54, 1.807) is 12.1 Å². The first-order valence-corrected chi connectivity index (χ1v) is 4.31. The predicted molar refractivity (Wildman–Crippen MR) is 53.4 cm³/mol. The molecule has 1 aromatic rings. The van der Waals surface area contributed by atoms with Crippen LogP contribution < -0.4 is 11.5 Å². The van der Waals surface area contributed by atoms with E-state index < -0.39 is 0 Å². The molecule has 0 radical (unpaired) electrons. The summed E-state index contributed by atoms with van der Waals surface area (Å²) in [5.41, 5.74) is 13.2. The molecule has 3 nitrogen and oxygen atoms in total. The van der Waals surface area contributed by atoms with Gasteiger partial charge in [0.15, 0.2) is 5.78 Å². The first-order chi connectivity index (χ1) is 6.20. The molecule has 0 aromatic heterocycles. The molecule has 0 aliphatic rings. The SMILES string of the molecule is CCC(=O)c1cccc(CN)c1N. The van der Waals surface area contributed by atoms with Crippen LogP contribution in [0.2, 0.25) is 0 Å². The lowest BCUT2D eigenvalue weighted by Crippen LogP contribution is -2.07. The van der Waals surface area contributed by atoms with Gasteiger partial charge in [-0.05, 0) is 11.6 Å². The van der Waals surface area contributed by atoms with Gasteiger partial charge < -0.3 is 11.5 Å². The van der Waals surface area contributed by atoms with Crippen molar-refractivity contribution in [1.29, 1.82) is 0 Å². The maximum absolute atomic E-state index is 11.4. The summed E-state index contributed by atoms with van der Waals surface area (Å²) in [5.74, 6) is 0.0628. The Morgan fingerprint density at radius 1 is 1.46 bits per heavy atom. The second-order valence-electron chi connectivity index (χ2n) is 2.86. The highest BCUT2D eigenvalue weighted by molar-refractivity contribution is 6.01. The maximum atomic E-state index is 11.4. The number of hydrogen-bond acceptors (Lipinski definition) is 3. The van der Waals surface area contributed by atoms with Gasteiger partial charge in [0.2, 0.25) is 0 Å². The molecule has 0 saturated heterocycles. The second-order valence-corrected chi connectivity index (χ2v) is 2.86. The van der Waals surface area contributed by atoms with Gasteiger partial charge in [0, 0.05) is 24.2 Å². The fraction of sp³-hybridized carbons (Fsp3) is 0.300. The zero-order valence-corrected chi connectivity index (χ0v) is 7.71. The largest absolute Gasteiger partial charge is 0.398 e. The van der Waals surface area contributed by atoms with E-state index in [4.69, 9.17) is 11.5 Å². The lowest BCUT2D eigenvalue weighted by molar-refractivity contribution is 0.0989. The zero-order valence-electron chi connectivity index (χ0n) is 7.71. The number of anilines is 1. The average molecular weight is 178 g/mol. The Bertz CT molecular complexity index is 321. The van der Waals surface area contributed by atoms with E-state index in [1.807, 2.05) is 13.0 Å². The van der Waals surface area contributed by atoms with Gasteiger partial charge in [-0.1, -0.05) is 19.1 Å². The minimum absolute atomic E-state index is 0.0628. The third-order valence-corrected chi connectivity index (χ3v) is 2.04. The molecule has 1 rings (SSSR count). The second kappa shape index (κ2) is 4.05. The van der Waals surface area contributed by atoms with Gasteiger partial charge in [-0.2, -0.15) is 0 Å². The van der Waals surface area contributed by atoms with Gasteiger partial charge in [0.1, 0.15) is 0 Å². The zero-order chi connectivity index (χ0) is 9.84. The number of carbonyl (C=O) groups excluding carboxylic acids is 1. The summed E-state index contributed by atoms with van der Waals surface area (Å²) in [6.07, 6.45) is 0.470.